The lowest BCUT2D eigenvalue weighted by Gasteiger charge is -2.34. The van der Waals surface area contributed by atoms with Crippen molar-refractivity contribution in [1.82, 2.24) is 29.8 Å². The Morgan fingerprint density at radius 3 is 1.73 bits per heavy atom. The Kier molecular flexibility index (Phi) is 7.36. The van der Waals surface area contributed by atoms with Gasteiger partial charge in [0, 0.05) is 12.1 Å². The predicted octanol–water partition coefficient (Wildman–Crippen LogP) is 6.58. The van der Waals surface area contributed by atoms with Crippen LogP contribution < -0.4 is 0 Å². The van der Waals surface area contributed by atoms with Crippen LogP contribution in [0.4, 0.5) is 0 Å². The first kappa shape index (κ1) is 27.2. The number of hydrogen-bond acceptors (Lipinski definition) is 5. The Morgan fingerprint density at radius 2 is 1.16 bits per heavy atom. The molecule has 2 heterocycles. The second kappa shape index (κ2) is 11.9. The number of aliphatic hydroxyl groups excluding tert-OH is 1. The third-order valence-corrected chi connectivity index (χ3v) is 8.03. The van der Waals surface area contributed by atoms with E-state index in [-0.39, 0.29) is 6.61 Å². The van der Waals surface area contributed by atoms with E-state index in [0.29, 0.717) is 12.4 Å². The molecule has 0 spiro atoms. The summed E-state index contributed by atoms with van der Waals surface area (Å²) < 4.78 is 1.95. The SMILES string of the molecule is OCc1cncn1Cc1ccc(-c2ccccc2-c2nnn(C(c3ccccc3)(c3ccccc3)c3ccccc3)n2)cc1. The van der Waals surface area contributed by atoms with Gasteiger partial charge in [-0.2, -0.15) is 0 Å². The standard InChI is InChI=1S/C37H30N6O/c44-26-33-24-38-27-42(33)25-28-20-22-29(23-21-28)34-18-10-11-19-35(34)36-39-41-43(40-36)37(30-12-4-1-5-13-30,31-14-6-2-7-15-31)32-16-8-3-9-17-32/h1-24,27,44H,25-26H2. The average Bonchev–Trinajstić information content (AvgIpc) is 3.77. The number of benzene rings is 5. The highest BCUT2D eigenvalue weighted by Crippen LogP contribution is 2.40. The van der Waals surface area contributed by atoms with E-state index in [4.69, 9.17) is 10.3 Å². The third-order valence-electron chi connectivity index (χ3n) is 8.03. The van der Waals surface area contributed by atoms with Crippen LogP contribution in [0, 0.1) is 0 Å². The van der Waals surface area contributed by atoms with E-state index < -0.39 is 5.54 Å². The Hall–Kier alpha value is -5.66. The van der Waals surface area contributed by atoms with E-state index in [1.807, 2.05) is 77.4 Å². The van der Waals surface area contributed by atoms with Crippen molar-refractivity contribution in [2.45, 2.75) is 18.7 Å². The molecule has 0 radical (unpaired) electrons. The van der Waals surface area contributed by atoms with E-state index in [9.17, 15) is 5.11 Å². The number of nitrogens with zero attached hydrogens (tertiary/aromatic N) is 6. The van der Waals surface area contributed by atoms with Crippen molar-refractivity contribution in [3.8, 4) is 22.5 Å². The summed E-state index contributed by atoms with van der Waals surface area (Å²) in [6, 6.07) is 47.6. The van der Waals surface area contributed by atoms with Gasteiger partial charge in [0.25, 0.3) is 0 Å². The van der Waals surface area contributed by atoms with Gasteiger partial charge in [-0.05, 0) is 38.6 Å². The topological polar surface area (TPSA) is 81.7 Å². The van der Waals surface area contributed by atoms with Gasteiger partial charge in [-0.3, -0.25) is 0 Å². The Balaban J connectivity index is 1.32. The van der Waals surface area contributed by atoms with Crippen molar-refractivity contribution in [2.75, 3.05) is 0 Å². The minimum Gasteiger partial charge on any atom is -0.390 e. The van der Waals surface area contributed by atoms with Crippen molar-refractivity contribution < 1.29 is 5.11 Å². The highest BCUT2D eigenvalue weighted by Gasteiger charge is 2.41. The molecule has 7 nitrogen and oxygen atoms in total. The summed E-state index contributed by atoms with van der Waals surface area (Å²) in [6.45, 7) is 0.591. The molecule has 2 aromatic heterocycles. The third kappa shape index (κ3) is 4.89. The molecular weight excluding hydrogens is 544 g/mol. The second-order valence-corrected chi connectivity index (χ2v) is 10.6. The van der Waals surface area contributed by atoms with Crippen molar-refractivity contribution >= 4 is 0 Å². The number of aromatic nitrogens is 6. The van der Waals surface area contributed by atoms with Crippen LogP contribution in [0.1, 0.15) is 27.9 Å². The van der Waals surface area contributed by atoms with Crippen LogP contribution in [-0.4, -0.2) is 34.9 Å². The molecule has 0 saturated heterocycles. The highest BCUT2D eigenvalue weighted by atomic mass is 16.3. The fourth-order valence-corrected chi connectivity index (χ4v) is 5.89. The van der Waals surface area contributed by atoms with Gasteiger partial charge in [0.1, 0.15) is 0 Å². The lowest BCUT2D eigenvalue weighted by atomic mass is 9.77. The number of imidazole rings is 1. The minimum atomic E-state index is -0.841. The van der Waals surface area contributed by atoms with Crippen LogP contribution in [0.15, 0.2) is 152 Å². The van der Waals surface area contributed by atoms with Crippen LogP contribution in [0.5, 0.6) is 0 Å². The maximum absolute atomic E-state index is 9.58. The van der Waals surface area contributed by atoms with Crippen LogP contribution >= 0.6 is 0 Å². The lowest BCUT2D eigenvalue weighted by Crippen LogP contribution is -2.39. The summed E-state index contributed by atoms with van der Waals surface area (Å²) in [4.78, 5) is 5.91. The van der Waals surface area contributed by atoms with Gasteiger partial charge in [0.15, 0.2) is 5.54 Å². The van der Waals surface area contributed by atoms with E-state index >= 15 is 0 Å². The van der Waals surface area contributed by atoms with Gasteiger partial charge < -0.3 is 9.67 Å². The molecule has 0 aliphatic carbocycles. The Labute approximate surface area is 255 Å². The van der Waals surface area contributed by atoms with E-state index in [1.165, 1.54) is 0 Å². The molecule has 7 heteroatoms. The highest BCUT2D eigenvalue weighted by molar-refractivity contribution is 5.80. The molecule has 7 aromatic rings. The number of tetrazole rings is 1. The van der Waals surface area contributed by atoms with Crippen molar-refractivity contribution in [3.63, 3.8) is 0 Å². The van der Waals surface area contributed by atoms with Gasteiger partial charge in [0.05, 0.1) is 24.8 Å². The van der Waals surface area contributed by atoms with Crippen LogP contribution in [0.2, 0.25) is 0 Å². The zero-order valence-electron chi connectivity index (χ0n) is 24.0. The summed E-state index contributed by atoms with van der Waals surface area (Å²) in [7, 11) is 0. The molecule has 0 atom stereocenters. The van der Waals surface area contributed by atoms with E-state index in [1.54, 1.807) is 17.3 Å². The normalized spacial score (nSPS) is 11.5. The smallest absolute Gasteiger partial charge is 0.205 e. The van der Waals surface area contributed by atoms with Gasteiger partial charge in [-0.15, -0.1) is 15.0 Å². The fraction of sp³-hybridized carbons (Fsp3) is 0.0811. The van der Waals surface area contributed by atoms with Gasteiger partial charge in [0.2, 0.25) is 5.82 Å². The summed E-state index contributed by atoms with van der Waals surface area (Å²) in [5.74, 6) is 0.544. The molecule has 0 aliphatic rings. The van der Waals surface area contributed by atoms with E-state index in [0.717, 1.165) is 44.6 Å². The predicted molar refractivity (Wildman–Crippen MR) is 171 cm³/mol. The van der Waals surface area contributed by atoms with Gasteiger partial charge >= 0.3 is 0 Å². The molecule has 0 saturated carbocycles. The Morgan fingerprint density at radius 1 is 0.614 bits per heavy atom. The monoisotopic (exact) mass is 574 g/mol. The zero-order valence-corrected chi connectivity index (χ0v) is 24.0. The summed E-state index contributed by atoms with van der Waals surface area (Å²) in [5, 5.41) is 24.1. The molecule has 0 bridgehead atoms. The second-order valence-electron chi connectivity index (χ2n) is 10.6. The summed E-state index contributed by atoms with van der Waals surface area (Å²) in [6.07, 6.45) is 3.43. The minimum absolute atomic E-state index is 0.0424. The molecular formula is C37H30N6O. The van der Waals surface area contributed by atoms with Gasteiger partial charge in [-0.1, -0.05) is 140 Å². The molecule has 5 aromatic carbocycles. The van der Waals surface area contributed by atoms with Crippen molar-refractivity contribution in [1.29, 1.82) is 0 Å². The summed E-state index contributed by atoms with van der Waals surface area (Å²) >= 11 is 0. The fourth-order valence-electron chi connectivity index (χ4n) is 5.89. The van der Waals surface area contributed by atoms with Crippen LogP contribution in [0.3, 0.4) is 0 Å². The maximum atomic E-state index is 9.58. The first-order chi connectivity index (χ1) is 21.8. The van der Waals surface area contributed by atoms with Crippen molar-refractivity contribution in [2.24, 2.45) is 0 Å². The number of hydrogen-bond donors (Lipinski definition) is 1. The Bertz CT molecular complexity index is 1870. The average molecular weight is 575 g/mol. The molecule has 1 N–H and O–H groups in total. The molecule has 7 rings (SSSR count). The molecule has 44 heavy (non-hydrogen) atoms. The lowest BCUT2D eigenvalue weighted by molar-refractivity contribution is 0.271. The van der Waals surface area contributed by atoms with E-state index in [2.05, 4.69) is 76.8 Å². The van der Waals surface area contributed by atoms with Crippen molar-refractivity contribution in [3.05, 3.63) is 180 Å². The summed E-state index contributed by atoms with van der Waals surface area (Å²) in [5.41, 5.74) is 7.12. The molecule has 0 amide bonds. The van der Waals surface area contributed by atoms with Crippen LogP contribution in [0.25, 0.3) is 22.5 Å². The number of aliphatic hydroxyl groups is 1. The molecule has 214 valence electrons. The molecule has 0 unspecified atom stereocenters. The number of rotatable bonds is 9. The quantitative estimate of drug-likeness (QED) is 0.197. The first-order valence-corrected chi connectivity index (χ1v) is 14.5. The first-order valence-electron chi connectivity index (χ1n) is 14.5. The maximum Gasteiger partial charge on any atom is 0.205 e. The van der Waals surface area contributed by atoms with Gasteiger partial charge in [-0.25, -0.2) is 4.98 Å². The zero-order chi connectivity index (χ0) is 29.8. The van der Waals surface area contributed by atoms with Crippen LogP contribution in [-0.2, 0) is 18.7 Å². The molecule has 0 aliphatic heterocycles. The largest absolute Gasteiger partial charge is 0.390 e. The molecule has 0 fully saturated rings.